The van der Waals surface area contributed by atoms with Crippen molar-refractivity contribution in [3.8, 4) is 62.1 Å². The standard InChI is InChI=1S/C62H50N4O.Pt/c1-61(2,3)46-30-27-42(28-31-46)45-29-34-56-58(37-45)64(41-65(56)60-51(43-17-9-7-10-18-43)24-16-25-52(60)44-19-11-8-12-20-44)48-21-15-22-49(39-48)67-50-32-33-54-53-23-13-14-26-55(53)66(57(54)40-50)59-38-47(35-36-63-59)62(4,5)6;/h7-38H,1-6H3;/q-2;/i7D,8D,9D,10D,11D,12D,17D,18D,19D,20D;. The van der Waals surface area contributed by atoms with Gasteiger partial charge >= 0.3 is 0 Å². The van der Waals surface area contributed by atoms with Crippen LogP contribution in [0, 0.1) is 18.5 Å². The van der Waals surface area contributed by atoms with Crippen LogP contribution in [0.15, 0.2) is 194 Å². The molecule has 0 N–H and O–H groups in total. The number of ether oxygens (including phenoxy) is 1. The Labute approximate surface area is 427 Å². The number of nitrogens with zero attached hydrogens (tertiary/aromatic N) is 4. The molecule has 11 aromatic rings. The van der Waals surface area contributed by atoms with Crippen molar-refractivity contribution < 1.29 is 44.1 Å². The fourth-order valence-corrected chi connectivity index (χ4v) is 8.68. The zero-order chi connectivity index (χ0) is 54.6. The van der Waals surface area contributed by atoms with Gasteiger partial charge in [-0.3, -0.25) is 4.57 Å². The predicted octanol–water partition coefficient (Wildman–Crippen LogP) is 15.2. The summed E-state index contributed by atoms with van der Waals surface area (Å²) in [7, 11) is 0. The van der Waals surface area contributed by atoms with Gasteiger partial charge in [0.25, 0.3) is 6.33 Å². The Kier molecular flexibility index (Phi) is 8.87. The summed E-state index contributed by atoms with van der Waals surface area (Å²) in [6.07, 6.45) is 5.34. The van der Waals surface area contributed by atoms with Crippen LogP contribution in [-0.4, -0.2) is 14.1 Å². The van der Waals surface area contributed by atoms with E-state index in [4.69, 9.17) is 23.4 Å². The van der Waals surface area contributed by atoms with Crippen LogP contribution >= 0.6 is 0 Å². The Hall–Kier alpha value is -7.33. The number of para-hydroxylation sites is 2. The van der Waals surface area contributed by atoms with Gasteiger partial charge in [-0.2, -0.15) is 18.2 Å². The minimum atomic E-state index is -0.577. The van der Waals surface area contributed by atoms with Crippen LogP contribution in [0.25, 0.3) is 83.4 Å². The molecule has 8 aromatic carbocycles. The first-order valence-electron chi connectivity index (χ1n) is 27.1. The van der Waals surface area contributed by atoms with Gasteiger partial charge in [-0.1, -0.05) is 180 Å². The summed E-state index contributed by atoms with van der Waals surface area (Å²) in [4.78, 5) is 4.83. The van der Waals surface area contributed by atoms with E-state index in [1.807, 2.05) is 66.9 Å². The minimum absolute atomic E-state index is 0. The quantitative estimate of drug-likeness (QED) is 0.112. The van der Waals surface area contributed by atoms with Crippen LogP contribution in [0.3, 0.4) is 0 Å². The van der Waals surface area contributed by atoms with Crippen molar-refractivity contribution in [3.63, 3.8) is 0 Å². The van der Waals surface area contributed by atoms with Crippen LogP contribution in [0.5, 0.6) is 11.5 Å². The molecule has 0 atom stereocenters. The number of pyridine rings is 1. The first-order valence-corrected chi connectivity index (χ1v) is 22.1. The monoisotopic (exact) mass is 1070 g/mol. The largest absolute Gasteiger partial charge is 0.510 e. The van der Waals surface area contributed by atoms with Crippen LogP contribution in [0.4, 0.5) is 0 Å². The van der Waals surface area contributed by atoms with Gasteiger partial charge in [0.05, 0.1) is 30.4 Å². The number of hydrogen-bond acceptors (Lipinski definition) is 2. The number of hydrogen-bond donors (Lipinski definition) is 0. The summed E-state index contributed by atoms with van der Waals surface area (Å²) in [5.41, 5.74) is 7.38. The van der Waals surface area contributed by atoms with Crippen molar-refractivity contribution in [2.75, 3.05) is 0 Å². The van der Waals surface area contributed by atoms with E-state index in [-0.39, 0.29) is 59.8 Å². The normalized spacial score (nSPS) is 13.9. The van der Waals surface area contributed by atoms with Gasteiger partial charge in [0.15, 0.2) is 0 Å². The second-order valence-electron chi connectivity index (χ2n) is 18.6. The molecule has 3 aromatic heterocycles. The predicted molar refractivity (Wildman–Crippen MR) is 274 cm³/mol. The Balaban J connectivity index is 0.00000688. The van der Waals surface area contributed by atoms with E-state index in [0.29, 0.717) is 28.2 Å². The van der Waals surface area contributed by atoms with Crippen molar-refractivity contribution in [2.24, 2.45) is 0 Å². The zero-order valence-electron chi connectivity index (χ0n) is 48.2. The maximum atomic E-state index is 9.16. The second-order valence-corrected chi connectivity index (χ2v) is 18.6. The first kappa shape index (κ1) is 34.0. The molecule has 0 unspecified atom stereocenters. The molecule has 3 heterocycles. The number of rotatable bonds is 8. The third-order valence-corrected chi connectivity index (χ3v) is 12.2. The molecule has 0 radical (unpaired) electrons. The van der Waals surface area contributed by atoms with E-state index in [2.05, 4.69) is 107 Å². The van der Waals surface area contributed by atoms with E-state index in [0.717, 1.165) is 49.9 Å². The Morgan fingerprint density at radius 1 is 0.559 bits per heavy atom. The average Bonchev–Trinajstić information content (AvgIpc) is 4.18. The third-order valence-electron chi connectivity index (χ3n) is 12.2. The molecule has 11 rings (SSSR count). The van der Waals surface area contributed by atoms with Gasteiger partial charge in [-0.15, -0.1) is 29.7 Å². The van der Waals surface area contributed by atoms with Crippen LogP contribution in [0.2, 0.25) is 0 Å². The van der Waals surface area contributed by atoms with Gasteiger partial charge < -0.3 is 13.9 Å². The molecule has 0 bridgehead atoms. The second kappa shape index (κ2) is 17.7. The van der Waals surface area contributed by atoms with Crippen molar-refractivity contribution in [2.45, 2.75) is 52.4 Å². The molecule has 0 aliphatic carbocycles. The number of aromatic nitrogens is 4. The molecule has 0 aliphatic rings. The molecule has 336 valence electrons. The van der Waals surface area contributed by atoms with Crippen molar-refractivity contribution in [3.05, 3.63) is 224 Å². The maximum absolute atomic E-state index is 9.16. The van der Waals surface area contributed by atoms with Crippen molar-refractivity contribution >= 4 is 32.8 Å². The summed E-state index contributed by atoms with van der Waals surface area (Å²) >= 11 is 0. The number of benzene rings is 8. The zero-order valence-corrected chi connectivity index (χ0v) is 40.5. The van der Waals surface area contributed by atoms with Crippen LogP contribution in [0.1, 0.15) is 66.4 Å². The summed E-state index contributed by atoms with van der Waals surface area (Å²) in [6, 6.07) is 42.3. The molecule has 0 amide bonds. The van der Waals surface area contributed by atoms with Gasteiger partial charge in [0, 0.05) is 44.3 Å². The molecule has 5 nitrogen and oxygen atoms in total. The first-order chi connectivity index (χ1) is 36.6. The van der Waals surface area contributed by atoms with Gasteiger partial charge in [-0.05, 0) is 90.7 Å². The SMILES string of the molecule is [2H]c1c([2H])c([2H])c(-c2cccc(-c3c([2H])c([2H])c([2H])c([2H])c3[2H])c2-[n+]2[c-]n(-c3[c-]c(Oc4[c-]c5c(cc4)c4ccccc4n5-c4cc(C(C)(C)C)ccn4)ccc3)c3cc(-c4ccc(C(C)(C)C)cc4)ccc32)c([2H])c1[2H].[Pt]. The van der Waals surface area contributed by atoms with E-state index in [1.54, 1.807) is 33.4 Å². The molecule has 0 aliphatic heterocycles. The molecular formula is C62H50N4OPt-2. The fraction of sp³-hybridized carbons (Fsp3) is 0.129. The van der Waals surface area contributed by atoms with Crippen molar-refractivity contribution in [1.29, 1.82) is 0 Å². The Morgan fingerprint density at radius 3 is 1.90 bits per heavy atom. The van der Waals surface area contributed by atoms with Gasteiger partial charge in [-0.25, -0.2) is 4.98 Å². The molecular weight excluding hydrogens is 1010 g/mol. The van der Waals surface area contributed by atoms with Crippen molar-refractivity contribution in [1.82, 2.24) is 14.1 Å². The van der Waals surface area contributed by atoms with E-state index in [9.17, 15) is 0 Å². The number of imidazole rings is 1. The number of fused-ring (bicyclic) bond motifs is 4. The minimum Gasteiger partial charge on any atom is -0.510 e. The maximum Gasteiger partial charge on any atom is 0.268 e. The summed E-state index contributed by atoms with van der Waals surface area (Å²) < 4.78 is 100. The average molecular weight is 1070 g/mol. The van der Waals surface area contributed by atoms with Crippen LogP contribution < -0.4 is 9.30 Å². The molecule has 0 saturated heterocycles. The third kappa shape index (κ3) is 8.26. The van der Waals surface area contributed by atoms with Crippen LogP contribution in [-0.2, 0) is 31.9 Å². The Bertz CT molecular complexity index is 4090. The van der Waals surface area contributed by atoms with Gasteiger partial charge in [0.1, 0.15) is 5.82 Å². The fourth-order valence-electron chi connectivity index (χ4n) is 8.68. The summed E-state index contributed by atoms with van der Waals surface area (Å²) in [5, 5.41) is 2.01. The molecule has 68 heavy (non-hydrogen) atoms. The molecule has 0 saturated carbocycles. The van der Waals surface area contributed by atoms with E-state index < -0.39 is 60.4 Å². The topological polar surface area (TPSA) is 35.9 Å². The molecule has 0 spiro atoms. The summed E-state index contributed by atoms with van der Waals surface area (Å²) in [5.74, 6) is 1.53. The van der Waals surface area contributed by atoms with E-state index in [1.165, 1.54) is 0 Å². The van der Waals surface area contributed by atoms with E-state index >= 15 is 0 Å². The smallest absolute Gasteiger partial charge is 0.268 e. The summed E-state index contributed by atoms with van der Waals surface area (Å²) in [6.45, 7) is 13.0. The Morgan fingerprint density at radius 2 is 1.21 bits per heavy atom. The van der Waals surface area contributed by atoms with Gasteiger partial charge in [0.2, 0.25) is 0 Å². The molecule has 6 heteroatoms. The molecule has 0 fully saturated rings.